The first-order valence-corrected chi connectivity index (χ1v) is 10.9. The number of sulfonamides is 1. The average molecular weight is 420 g/mol. The Hall–Kier alpha value is -2.42. The lowest BCUT2D eigenvalue weighted by Crippen LogP contribution is -2.30. The van der Waals surface area contributed by atoms with Crippen molar-refractivity contribution < 1.29 is 17.9 Å². The molecule has 7 nitrogen and oxygen atoms in total. The number of hydrogen-bond donors (Lipinski definition) is 1. The summed E-state index contributed by atoms with van der Waals surface area (Å²) in [5.74, 6) is -0.311. The standard InChI is InChI=1S/C21H29N3O4S/c1-6-24(7-2)29(26,27)18-12-13-20(23(3)4)19(14-18)22-21(25)17-10-8-16(9-11-17)15-28-5/h8-14H,6-7,15H2,1-5H3,(H,22,25). The van der Waals surface area contributed by atoms with E-state index < -0.39 is 10.0 Å². The highest BCUT2D eigenvalue weighted by molar-refractivity contribution is 7.89. The van der Waals surface area contributed by atoms with Crippen LogP contribution in [0.3, 0.4) is 0 Å². The number of nitrogens with zero attached hydrogens (tertiary/aromatic N) is 2. The molecule has 29 heavy (non-hydrogen) atoms. The third kappa shape index (κ3) is 5.35. The maximum atomic E-state index is 12.9. The van der Waals surface area contributed by atoms with Gasteiger partial charge in [0, 0.05) is 39.9 Å². The van der Waals surface area contributed by atoms with Crippen LogP contribution in [-0.4, -0.2) is 52.9 Å². The fourth-order valence-corrected chi connectivity index (χ4v) is 4.48. The van der Waals surface area contributed by atoms with Crippen LogP contribution in [0.4, 0.5) is 11.4 Å². The summed E-state index contributed by atoms with van der Waals surface area (Å²) in [6, 6.07) is 11.9. The zero-order valence-corrected chi connectivity index (χ0v) is 18.4. The van der Waals surface area contributed by atoms with Gasteiger partial charge in [0.1, 0.15) is 0 Å². The van der Waals surface area contributed by atoms with Crippen LogP contribution in [0.1, 0.15) is 29.8 Å². The van der Waals surface area contributed by atoms with Crippen LogP contribution in [0, 0.1) is 0 Å². The Morgan fingerprint density at radius 2 is 1.66 bits per heavy atom. The van der Waals surface area contributed by atoms with E-state index in [0.29, 0.717) is 36.6 Å². The van der Waals surface area contributed by atoms with Gasteiger partial charge in [0.2, 0.25) is 10.0 Å². The third-order valence-electron chi connectivity index (χ3n) is 4.57. The zero-order valence-electron chi connectivity index (χ0n) is 17.6. The molecule has 0 bridgehead atoms. The summed E-state index contributed by atoms with van der Waals surface area (Å²) in [6.45, 7) is 4.82. The highest BCUT2D eigenvalue weighted by Gasteiger charge is 2.23. The molecule has 158 valence electrons. The van der Waals surface area contributed by atoms with Gasteiger partial charge in [0.15, 0.2) is 0 Å². The van der Waals surface area contributed by atoms with Crippen LogP contribution in [0.25, 0.3) is 0 Å². The van der Waals surface area contributed by atoms with Crippen LogP contribution in [0.15, 0.2) is 47.4 Å². The highest BCUT2D eigenvalue weighted by atomic mass is 32.2. The van der Waals surface area contributed by atoms with Crippen molar-refractivity contribution in [3.8, 4) is 0 Å². The first-order chi connectivity index (χ1) is 13.7. The van der Waals surface area contributed by atoms with Crippen molar-refractivity contribution in [3.05, 3.63) is 53.6 Å². The maximum absolute atomic E-state index is 12.9. The average Bonchev–Trinajstić information content (AvgIpc) is 2.69. The van der Waals surface area contributed by atoms with E-state index >= 15 is 0 Å². The summed E-state index contributed by atoms with van der Waals surface area (Å²) in [7, 11) is 1.66. The molecule has 8 heteroatoms. The summed E-state index contributed by atoms with van der Waals surface area (Å²) in [6.07, 6.45) is 0. The smallest absolute Gasteiger partial charge is 0.255 e. The minimum Gasteiger partial charge on any atom is -0.380 e. The van der Waals surface area contributed by atoms with E-state index in [2.05, 4.69) is 5.32 Å². The van der Waals surface area contributed by atoms with Gasteiger partial charge in [-0.1, -0.05) is 26.0 Å². The van der Waals surface area contributed by atoms with Gasteiger partial charge in [-0.2, -0.15) is 4.31 Å². The van der Waals surface area contributed by atoms with Crippen molar-refractivity contribution in [1.82, 2.24) is 4.31 Å². The number of anilines is 2. The fourth-order valence-electron chi connectivity index (χ4n) is 2.99. The molecule has 0 heterocycles. The number of carbonyl (C=O) groups is 1. The number of methoxy groups -OCH3 is 1. The van der Waals surface area contributed by atoms with Crippen LogP contribution in [-0.2, 0) is 21.4 Å². The molecule has 0 aliphatic carbocycles. The highest BCUT2D eigenvalue weighted by Crippen LogP contribution is 2.29. The maximum Gasteiger partial charge on any atom is 0.255 e. The van der Waals surface area contributed by atoms with Gasteiger partial charge in [-0.15, -0.1) is 0 Å². The molecule has 0 aliphatic rings. The lowest BCUT2D eigenvalue weighted by Gasteiger charge is -2.22. The van der Waals surface area contributed by atoms with Gasteiger partial charge in [-0.25, -0.2) is 8.42 Å². The number of amides is 1. The lowest BCUT2D eigenvalue weighted by atomic mass is 10.1. The van der Waals surface area contributed by atoms with Crippen LogP contribution >= 0.6 is 0 Å². The SMILES string of the molecule is CCN(CC)S(=O)(=O)c1ccc(N(C)C)c(NC(=O)c2ccc(COC)cc2)c1. The Kier molecular flexibility index (Phi) is 7.78. The van der Waals surface area contributed by atoms with E-state index in [4.69, 9.17) is 4.74 Å². The molecular formula is C21H29N3O4S. The molecule has 0 saturated heterocycles. The summed E-state index contributed by atoms with van der Waals surface area (Å²) < 4.78 is 32.2. The molecule has 2 aromatic carbocycles. The number of rotatable bonds is 9. The van der Waals surface area contributed by atoms with Crippen molar-refractivity contribution in [3.63, 3.8) is 0 Å². The van der Waals surface area contributed by atoms with Crippen LogP contribution < -0.4 is 10.2 Å². The van der Waals surface area contributed by atoms with Crippen molar-refractivity contribution in [2.24, 2.45) is 0 Å². The minimum atomic E-state index is -3.63. The van der Waals surface area contributed by atoms with Crippen molar-refractivity contribution in [2.75, 3.05) is 44.5 Å². The molecule has 1 amide bonds. The molecular weight excluding hydrogens is 390 g/mol. The summed E-state index contributed by atoms with van der Waals surface area (Å²) >= 11 is 0. The topological polar surface area (TPSA) is 79.0 Å². The van der Waals surface area contributed by atoms with Crippen molar-refractivity contribution in [2.45, 2.75) is 25.3 Å². The first kappa shape index (κ1) is 22.9. The Morgan fingerprint density at radius 1 is 1.03 bits per heavy atom. The van der Waals surface area contributed by atoms with Gasteiger partial charge in [0.25, 0.3) is 5.91 Å². The van der Waals surface area contributed by atoms with Gasteiger partial charge in [-0.05, 0) is 35.9 Å². The minimum absolute atomic E-state index is 0.151. The van der Waals surface area contributed by atoms with Crippen molar-refractivity contribution >= 4 is 27.3 Å². The van der Waals surface area contributed by atoms with E-state index in [1.165, 1.54) is 10.4 Å². The second kappa shape index (κ2) is 9.87. The van der Waals surface area contributed by atoms with Gasteiger partial charge >= 0.3 is 0 Å². The Morgan fingerprint density at radius 3 is 2.17 bits per heavy atom. The van der Waals surface area contributed by atoms with E-state index in [9.17, 15) is 13.2 Å². The number of ether oxygens (including phenoxy) is 1. The van der Waals surface area contributed by atoms with E-state index in [0.717, 1.165) is 5.56 Å². The molecule has 0 aliphatic heterocycles. The molecule has 0 atom stereocenters. The van der Waals surface area contributed by atoms with E-state index in [-0.39, 0.29) is 10.8 Å². The van der Waals surface area contributed by atoms with Gasteiger partial charge < -0.3 is 15.0 Å². The summed E-state index contributed by atoms with van der Waals surface area (Å²) in [5.41, 5.74) is 2.60. The molecule has 0 fully saturated rings. The zero-order chi connectivity index (χ0) is 21.6. The molecule has 0 aromatic heterocycles. The second-order valence-corrected chi connectivity index (χ2v) is 8.68. The Balaban J connectivity index is 2.38. The fraction of sp³-hybridized carbons (Fsp3) is 0.381. The molecule has 0 spiro atoms. The molecule has 1 N–H and O–H groups in total. The number of hydrogen-bond acceptors (Lipinski definition) is 5. The second-order valence-electron chi connectivity index (χ2n) is 6.75. The lowest BCUT2D eigenvalue weighted by molar-refractivity contribution is 0.102. The molecule has 0 saturated carbocycles. The monoisotopic (exact) mass is 419 g/mol. The van der Waals surface area contributed by atoms with Crippen molar-refractivity contribution in [1.29, 1.82) is 0 Å². The summed E-state index contributed by atoms with van der Waals surface area (Å²) in [5, 5.41) is 2.85. The van der Waals surface area contributed by atoms with E-state index in [1.54, 1.807) is 45.2 Å². The molecule has 0 unspecified atom stereocenters. The largest absolute Gasteiger partial charge is 0.380 e. The Labute approximate surface area is 173 Å². The molecule has 0 radical (unpaired) electrons. The normalized spacial score (nSPS) is 11.5. The van der Waals surface area contributed by atoms with Crippen LogP contribution in [0.5, 0.6) is 0 Å². The van der Waals surface area contributed by atoms with Gasteiger partial charge in [-0.3, -0.25) is 4.79 Å². The number of carbonyl (C=O) groups excluding carboxylic acids is 1. The van der Waals surface area contributed by atoms with Gasteiger partial charge in [0.05, 0.1) is 22.9 Å². The first-order valence-electron chi connectivity index (χ1n) is 9.45. The predicted octanol–water partition coefficient (Wildman–Crippen LogP) is 3.18. The number of nitrogens with one attached hydrogen (secondary N) is 1. The van der Waals surface area contributed by atoms with E-state index in [1.807, 2.05) is 31.1 Å². The van der Waals surface area contributed by atoms with Crippen LogP contribution in [0.2, 0.25) is 0 Å². The summed E-state index contributed by atoms with van der Waals surface area (Å²) in [4.78, 5) is 14.7. The third-order valence-corrected chi connectivity index (χ3v) is 6.61. The quantitative estimate of drug-likeness (QED) is 0.675. The Bertz CT molecular complexity index is 937. The molecule has 2 aromatic rings. The molecule has 2 rings (SSSR count). The predicted molar refractivity (Wildman–Crippen MR) is 116 cm³/mol. The number of benzene rings is 2.